The predicted molar refractivity (Wildman–Crippen MR) is 113 cm³/mol. The van der Waals surface area contributed by atoms with E-state index in [0.717, 1.165) is 38.5 Å². The Morgan fingerprint density at radius 1 is 0.833 bits per heavy atom. The number of rotatable bonds is 3. The number of hydrogen-bond acceptors (Lipinski definition) is 3. The van der Waals surface area contributed by atoms with Crippen LogP contribution < -0.4 is 0 Å². The molecular formula is C25H25FN2O2. The van der Waals surface area contributed by atoms with Gasteiger partial charge in [-0.15, -0.1) is 0 Å². The van der Waals surface area contributed by atoms with Gasteiger partial charge in [0.25, 0.3) is 11.8 Å². The summed E-state index contributed by atoms with van der Waals surface area (Å²) in [6, 6.07) is 14.1. The third kappa shape index (κ3) is 3.22. The zero-order valence-electron chi connectivity index (χ0n) is 16.9. The highest BCUT2D eigenvalue weighted by molar-refractivity contribution is 6.35. The lowest BCUT2D eigenvalue weighted by Crippen LogP contribution is -2.44. The van der Waals surface area contributed by atoms with E-state index in [1.165, 1.54) is 28.2 Å². The van der Waals surface area contributed by atoms with Crippen LogP contribution in [0.15, 0.2) is 54.2 Å². The van der Waals surface area contributed by atoms with Gasteiger partial charge in [0, 0.05) is 19.1 Å². The van der Waals surface area contributed by atoms with Gasteiger partial charge in [-0.25, -0.2) is 4.39 Å². The summed E-state index contributed by atoms with van der Waals surface area (Å²) in [5.41, 5.74) is 3.99. The van der Waals surface area contributed by atoms with Crippen molar-refractivity contribution in [2.75, 3.05) is 6.54 Å². The van der Waals surface area contributed by atoms with Crippen molar-refractivity contribution in [2.24, 2.45) is 0 Å². The standard InChI is InChI=1S/C25H25FN2O2/c26-20-12-10-18(11-13-20)22-23(27-15-14-17-6-4-5-7-19(17)16-27)25(30)28(24(22)29)21-8-2-1-3-9-21/h4-7,10-13,21H,1-3,8-9,14-16H2. The maximum absolute atomic E-state index is 13.6. The Morgan fingerprint density at radius 3 is 2.27 bits per heavy atom. The molecule has 4 nitrogen and oxygen atoms in total. The van der Waals surface area contributed by atoms with Gasteiger partial charge in [-0.1, -0.05) is 55.7 Å². The van der Waals surface area contributed by atoms with Crippen LogP contribution in [0, 0.1) is 5.82 Å². The fourth-order valence-electron chi connectivity index (χ4n) is 5.06. The summed E-state index contributed by atoms with van der Waals surface area (Å²) in [6.45, 7) is 1.29. The lowest BCUT2D eigenvalue weighted by atomic mass is 9.94. The fraction of sp³-hybridized carbons (Fsp3) is 0.360. The predicted octanol–water partition coefficient (Wildman–Crippen LogP) is 4.30. The van der Waals surface area contributed by atoms with E-state index in [-0.39, 0.29) is 23.7 Å². The van der Waals surface area contributed by atoms with Gasteiger partial charge in [0.15, 0.2) is 0 Å². The smallest absolute Gasteiger partial charge is 0.278 e. The Labute approximate surface area is 176 Å². The molecule has 2 aliphatic heterocycles. The largest absolute Gasteiger partial charge is 0.362 e. The SMILES string of the molecule is O=C1C(c2ccc(F)cc2)=C(N2CCc3ccccc3C2)C(=O)N1C1CCCCC1. The summed E-state index contributed by atoms with van der Waals surface area (Å²) in [5, 5.41) is 0. The molecule has 0 unspecified atom stereocenters. The first kappa shape index (κ1) is 19.0. The van der Waals surface area contributed by atoms with Gasteiger partial charge in [0.2, 0.25) is 0 Å². The van der Waals surface area contributed by atoms with E-state index >= 15 is 0 Å². The minimum Gasteiger partial charge on any atom is -0.362 e. The summed E-state index contributed by atoms with van der Waals surface area (Å²) >= 11 is 0. The average molecular weight is 404 g/mol. The number of nitrogens with zero attached hydrogens (tertiary/aromatic N) is 2. The highest BCUT2D eigenvalue weighted by Gasteiger charge is 2.45. The quantitative estimate of drug-likeness (QED) is 0.717. The van der Waals surface area contributed by atoms with Crippen molar-refractivity contribution in [3.8, 4) is 0 Å². The summed E-state index contributed by atoms with van der Waals surface area (Å²) in [7, 11) is 0. The van der Waals surface area contributed by atoms with Crippen LogP contribution in [-0.4, -0.2) is 34.2 Å². The van der Waals surface area contributed by atoms with Crippen LogP contribution in [0.1, 0.15) is 48.8 Å². The lowest BCUT2D eigenvalue weighted by Gasteiger charge is -2.33. The molecule has 2 aromatic rings. The van der Waals surface area contributed by atoms with Crippen molar-refractivity contribution >= 4 is 17.4 Å². The highest BCUT2D eigenvalue weighted by Crippen LogP contribution is 2.37. The van der Waals surface area contributed by atoms with Gasteiger partial charge < -0.3 is 4.90 Å². The molecule has 0 aromatic heterocycles. The number of amides is 2. The van der Waals surface area contributed by atoms with Crippen LogP contribution in [0.3, 0.4) is 0 Å². The van der Waals surface area contributed by atoms with E-state index in [1.54, 1.807) is 12.1 Å². The van der Waals surface area contributed by atoms with Crippen molar-refractivity contribution in [2.45, 2.75) is 51.1 Å². The second kappa shape index (κ2) is 7.71. The van der Waals surface area contributed by atoms with E-state index < -0.39 is 0 Å². The fourth-order valence-corrected chi connectivity index (χ4v) is 5.06. The third-order valence-corrected chi connectivity index (χ3v) is 6.61. The van der Waals surface area contributed by atoms with E-state index in [9.17, 15) is 14.0 Å². The molecule has 3 aliphatic rings. The molecule has 1 aliphatic carbocycles. The molecule has 0 radical (unpaired) electrons. The Morgan fingerprint density at radius 2 is 1.53 bits per heavy atom. The summed E-state index contributed by atoms with van der Waals surface area (Å²) in [5.74, 6) is -0.772. The number of fused-ring (bicyclic) bond motifs is 1. The van der Waals surface area contributed by atoms with Gasteiger partial charge in [-0.3, -0.25) is 14.5 Å². The highest BCUT2D eigenvalue weighted by atomic mass is 19.1. The molecule has 5 heteroatoms. The molecule has 0 atom stereocenters. The molecule has 30 heavy (non-hydrogen) atoms. The first-order valence-corrected chi connectivity index (χ1v) is 10.8. The van der Waals surface area contributed by atoms with Crippen molar-refractivity contribution in [3.63, 3.8) is 0 Å². The van der Waals surface area contributed by atoms with E-state index in [0.29, 0.717) is 29.9 Å². The monoisotopic (exact) mass is 404 g/mol. The molecule has 2 heterocycles. The number of carbonyl (C=O) groups is 2. The minimum atomic E-state index is -0.353. The van der Waals surface area contributed by atoms with Crippen molar-refractivity contribution in [1.82, 2.24) is 9.80 Å². The maximum atomic E-state index is 13.6. The van der Waals surface area contributed by atoms with Crippen LogP contribution in [0.5, 0.6) is 0 Å². The second-order valence-electron chi connectivity index (χ2n) is 8.44. The summed E-state index contributed by atoms with van der Waals surface area (Å²) in [4.78, 5) is 30.7. The van der Waals surface area contributed by atoms with E-state index in [4.69, 9.17) is 0 Å². The van der Waals surface area contributed by atoms with Crippen molar-refractivity contribution in [1.29, 1.82) is 0 Å². The van der Waals surface area contributed by atoms with Crippen LogP contribution in [0.4, 0.5) is 4.39 Å². The Bertz CT molecular complexity index is 1020. The van der Waals surface area contributed by atoms with Crippen molar-refractivity contribution in [3.05, 3.63) is 76.7 Å². The average Bonchev–Trinajstić information content (AvgIpc) is 3.04. The van der Waals surface area contributed by atoms with Crippen LogP contribution in [0.25, 0.3) is 5.57 Å². The minimum absolute atomic E-state index is 0.0382. The van der Waals surface area contributed by atoms with E-state index in [1.807, 2.05) is 17.0 Å². The maximum Gasteiger partial charge on any atom is 0.278 e. The molecule has 1 saturated carbocycles. The Balaban J connectivity index is 1.57. The van der Waals surface area contributed by atoms with Gasteiger partial charge in [-0.2, -0.15) is 0 Å². The number of halogens is 1. The van der Waals surface area contributed by atoms with Crippen LogP contribution in [-0.2, 0) is 22.6 Å². The topological polar surface area (TPSA) is 40.6 Å². The van der Waals surface area contributed by atoms with Gasteiger partial charge in [-0.05, 0) is 48.1 Å². The summed E-state index contributed by atoms with van der Waals surface area (Å²) < 4.78 is 13.5. The Hall–Kier alpha value is -2.95. The molecular weight excluding hydrogens is 379 g/mol. The van der Waals surface area contributed by atoms with E-state index in [2.05, 4.69) is 12.1 Å². The van der Waals surface area contributed by atoms with Gasteiger partial charge >= 0.3 is 0 Å². The molecule has 2 amide bonds. The first-order valence-electron chi connectivity index (χ1n) is 10.8. The van der Waals surface area contributed by atoms with Crippen molar-refractivity contribution < 1.29 is 14.0 Å². The van der Waals surface area contributed by atoms with Crippen LogP contribution >= 0.6 is 0 Å². The second-order valence-corrected chi connectivity index (χ2v) is 8.44. The van der Waals surface area contributed by atoms with Gasteiger partial charge in [0.05, 0.1) is 5.57 Å². The molecule has 0 bridgehead atoms. The molecule has 5 rings (SSSR count). The van der Waals surface area contributed by atoms with Crippen LogP contribution in [0.2, 0.25) is 0 Å². The number of imide groups is 1. The molecule has 0 N–H and O–H groups in total. The zero-order valence-corrected chi connectivity index (χ0v) is 16.9. The number of hydrogen-bond donors (Lipinski definition) is 0. The molecule has 0 spiro atoms. The zero-order chi connectivity index (χ0) is 20.7. The number of carbonyl (C=O) groups excluding carboxylic acids is 2. The third-order valence-electron chi connectivity index (χ3n) is 6.61. The summed E-state index contributed by atoms with van der Waals surface area (Å²) in [6.07, 6.45) is 5.80. The Kier molecular flexibility index (Phi) is 4.89. The molecule has 2 aromatic carbocycles. The normalized spacial score (nSPS) is 20.2. The lowest BCUT2D eigenvalue weighted by molar-refractivity contribution is -0.141. The number of benzene rings is 2. The molecule has 1 fully saturated rings. The molecule has 0 saturated heterocycles. The first-order chi connectivity index (χ1) is 14.6. The van der Waals surface area contributed by atoms with Gasteiger partial charge in [0.1, 0.15) is 11.5 Å². The molecule has 154 valence electrons.